The summed E-state index contributed by atoms with van der Waals surface area (Å²) in [6.45, 7) is 0. The van der Waals surface area contributed by atoms with Gasteiger partial charge in [0.15, 0.2) is 0 Å². The average molecular weight is 654 g/mol. The van der Waals surface area contributed by atoms with E-state index in [-0.39, 0.29) is 0 Å². The summed E-state index contributed by atoms with van der Waals surface area (Å²) in [5.41, 5.74) is 11.5. The molecule has 0 N–H and O–H groups in total. The maximum absolute atomic E-state index is 2.46. The first-order valence-electron chi connectivity index (χ1n) is 17.5. The van der Waals surface area contributed by atoms with E-state index in [0.717, 1.165) is 12.8 Å². The van der Waals surface area contributed by atoms with Crippen molar-refractivity contribution in [3.8, 4) is 27.9 Å². The predicted octanol–water partition coefficient (Wildman–Crippen LogP) is 13.8. The molecule has 0 amide bonds. The molecule has 8 aromatic carbocycles. The molecule has 234 valence electrons. The van der Waals surface area contributed by atoms with E-state index in [0.29, 0.717) is 0 Å². The Labute approximate surface area is 294 Å². The highest BCUT2D eigenvalue weighted by molar-refractivity contribution is 7.26. The van der Waals surface area contributed by atoms with E-state index >= 15 is 0 Å². The van der Waals surface area contributed by atoms with Crippen molar-refractivity contribution in [2.45, 2.75) is 12.8 Å². The molecule has 0 atom stereocenters. The lowest BCUT2D eigenvalue weighted by atomic mass is 9.85. The Morgan fingerprint density at radius 1 is 0.480 bits per heavy atom. The fourth-order valence-corrected chi connectivity index (χ4v) is 9.90. The van der Waals surface area contributed by atoms with Gasteiger partial charge in [-0.05, 0) is 104 Å². The average Bonchev–Trinajstić information content (AvgIpc) is 3.73. The number of allylic oxidation sites excluding steroid dienone is 1. The van der Waals surface area contributed by atoms with Crippen LogP contribution in [0.4, 0.5) is 0 Å². The first kappa shape index (κ1) is 27.9. The lowest BCUT2D eigenvalue weighted by Gasteiger charge is -2.19. The molecular weight excluding hydrogens is 623 g/mol. The number of nitrogens with zero attached hydrogens (tertiary/aromatic N) is 1. The summed E-state index contributed by atoms with van der Waals surface area (Å²) >= 11 is 1.91. The number of rotatable bonds is 3. The smallest absolute Gasteiger partial charge is 0.0555 e. The van der Waals surface area contributed by atoms with Crippen molar-refractivity contribution in [1.29, 1.82) is 0 Å². The van der Waals surface area contributed by atoms with Crippen molar-refractivity contribution in [2.75, 3.05) is 0 Å². The highest BCUT2D eigenvalue weighted by Crippen LogP contribution is 2.45. The lowest BCUT2D eigenvalue weighted by molar-refractivity contribution is 1.00. The molecule has 0 bridgehead atoms. The number of fused-ring (bicyclic) bond motifs is 13. The summed E-state index contributed by atoms with van der Waals surface area (Å²) in [5, 5.41) is 10.7. The number of para-hydroxylation sites is 1. The van der Waals surface area contributed by atoms with E-state index in [1.54, 1.807) is 0 Å². The Bertz CT molecular complexity index is 3030. The van der Waals surface area contributed by atoms with Crippen molar-refractivity contribution < 1.29 is 0 Å². The first-order chi connectivity index (χ1) is 24.8. The van der Waals surface area contributed by atoms with Crippen LogP contribution in [0.15, 0.2) is 158 Å². The molecule has 11 rings (SSSR count). The molecule has 1 aliphatic carbocycles. The number of aromatic nitrogens is 1. The van der Waals surface area contributed by atoms with Gasteiger partial charge in [0.25, 0.3) is 0 Å². The summed E-state index contributed by atoms with van der Waals surface area (Å²) in [7, 11) is 0. The van der Waals surface area contributed by atoms with Crippen molar-refractivity contribution in [2.24, 2.45) is 0 Å². The van der Waals surface area contributed by atoms with E-state index < -0.39 is 0 Å². The number of benzene rings is 8. The minimum absolute atomic E-state index is 1.09. The minimum Gasteiger partial charge on any atom is -0.309 e. The first-order valence-corrected chi connectivity index (χ1v) is 18.3. The lowest BCUT2D eigenvalue weighted by Crippen LogP contribution is -1.98. The summed E-state index contributed by atoms with van der Waals surface area (Å²) in [6.07, 6.45) is 6.88. The zero-order valence-corrected chi connectivity index (χ0v) is 28.2. The van der Waals surface area contributed by atoms with E-state index in [9.17, 15) is 0 Å². The molecule has 0 saturated carbocycles. The van der Waals surface area contributed by atoms with Gasteiger partial charge in [0.1, 0.15) is 0 Å². The predicted molar refractivity (Wildman–Crippen MR) is 217 cm³/mol. The number of aryl methyl sites for hydroxylation is 1. The van der Waals surface area contributed by atoms with Crippen molar-refractivity contribution >= 4 is 80.9 Å². The third-order valence-corrected chi connectivity index (χ3v) is 12.1. The van der Waals surface area contributed by atoms with E-state index in [4.69, 9.17) is 0 Å². The molecule has 0 spiro atoms. The van der Waals surface area contributed by atoms with Gasteiger partial charge in [-0.15, -0.1) is 11.3 Å². The maximum atomic E-state index is 2.46. The Morgan fingerprint density at radius 2 is 1.14 bits per heavy atom. The zero-order chi connectivity index (χ0) is 32.8. The van der Waals surface area contributed by atoms with E-state index in [1.165, 1.54) is 103 Å². The Kier molecular flexibility index (Phi) is 6.02. The van der Waals surface area contributed by atoms with Gasteiger partial charge in [0, 0.05) is 36.6 Å². The van der Waals surface area contributed by atoms with Gasteiger partial charge in [0.2, 0.25) is 0 Å². The monoisotopic (exact) mass is 653 g/mol. The molecule has 50 heavy (non-hydrogen) atoms. The Hall–Kier alpha value is -5.96. The molecule has 0 aliphatic heterocycles. The van der Waals surface area contributed by atoms with Gasteiger partial charge in [-0.1, -0.05) is 127 Å². The zero-order valence-electron chi connectivity index (χ0n) is 27.4. The second kappa shape index (κ2) is 10.8. The van der Waals surface area contributed by atoms with Gasteiger partial charge in [0.05, 0.1) is 11.0 Å². The minimum atomic E-state index is 1.09. The van der Waals surface area contributed by atoms with Gasteiger partial charge in [-0.3, -0.25) is 0 Å². The number of hydrogen-bond acceptors (Lipinski definition) is 1. The molecular formula is C48H31NS. The quantitative estimate of drug-likeness (QED) is 0.167. The fraction of sp³-hybridized carbons (Fsp3) is 0.0417. The van der Waals surface area contributed by atoms with Crippen LogP contribution in [-0.2, 0) is 6.42 Å². The molecule has 10 aromatic rings. The van der Waals surface area contributed by atoms with E-state index in [2.05, 4.69) is 168 Å². The van der Waals surface area contributed by atoms with Crippen LogP contribution < -0.4 is 0 Å². The van der Waals surface area contributed by atoms with Crippen molar-refractivity contribution in [1.82, 2.24) is 4.57 Å². The van der Waals surface area contributed by atoms with E-state index in [1.807, 2.05) is 11.3 Å². The third kappa shape index (κ3) is 4.00. The highest BCUT2D eigenvalue weighted by atomic mass is 32.1. The maximum Gasteiger partial charge on any atom is 0.0555 e. The SMILES string of the molecule is C1=Cc2c(c3ccccc3c3ccc(-c4ccccc4-c4ccc5c6c7sc8ccccc8c7ccc6n(-c6ccccc6)c5c4)cc23)CC1. The number of thiophene rings is 1. The van der Waals surface area contributed by atoms with Crippen molar-refractivity contribution in [3.63, 3.8) is 0 Å². The van der Waals surface area contributed by atoms with Gasteiger partial charge in [-0.25, -0.2) is 0 Å². The largest absolute Gasteiger partial charge is 0.309 e. The van der Waals surface area contributed by atoms with Crippen molar-refractivity contribution in [3.05, 3.63) is 169 Å². The molecule has 1 aliphatic rings. The second-order valence-corrected chi connectivity index (χ2v) is 14.6. The molecule has 0 fully saturated rings. The van der Waals surface area contributed by atoms with Gasteiger partial charge >= 0.3 is 0 Å². The van der Waals surface area contributed by atoms with Crippen LogP contribution in [0.25, 0.3) is 97.5 Å². The highest BCUT2D eigenvalue weighted by Gasteiger charge is 2.20. The molecule has 0 saturated heterocycles. The molecule has 2 heteroatoms. The van der Waals surface area contributed by atoms with Crippen LogP contribution in [0, 0.1) is 0 Å². The molecule has 1 nitrogen and oxygen atoms in total. The summed E-state index contributed by atoms with van der Waals surface area (Å²) in [6, 6.07) is 56.4. The molecule has 0 radical (unpaired) electrons. The van der Waals surface area contributed by atoms with Crippen LogP contribution in [0.1, 0.15) is 17.5 Å². The second-order valence-electron chi connectivity index (χ2n) is 13.5. The number of hydrogen-bond donors (Lipinski definition) is 0. The van der Waals surface area contributed by atoms with Gasteiger partial charge < -0.3 is 4.57 Å². The molecule has 2 aromatic heterocycles. The van der Waals surface area contributed by atoms with Gasteiger partial charge in [-0.2, -0.15) is 0 Å². The topological polar surface area (TPSA) is 4.93 Å². The van der Waals surface area contributed by atoms with Crippen LogP contribution in [-0.4, -0.2) is 4.57 Å². The summed E-state index contributed by atoms with van der Waals surface area (Å²) in [5.74, 6) is 0. The standard InChI is InChI=1S/C48H31NS/c1-2-12-32(13-3-1)49-44-27-26-41-40-20-10-11-21-46(40)50-48(41)47(44)42-25-23-31(29-45(42)49)34-15-5-4-14-33(34)30-22-24-39-37-18-7-6-16-35(37)36-17-8-9-19-38(36)43(39)28-30/h1-7,9-16,18-29H,8,17H2. The summed E-state index contributed by atoms with van der Waals surface area (Å²) < 4.78 is 5.15. The van der Waals surface area contributed by atoms with Crippen LogP contribution in [0.3, 0.4) is 0 Å². The Balaban J connectivity index is 1.16. The molecule has 2 heterocycles. The third-order valence-electron chi connectivity index (χ3n) is 10.9. The van der Waals surface area contributed by atoms with Crippen LogP contribution >= 0.6 is 11.3 Å². The summed E-state index contributed by atoms with van der Waals surface area (Å²) in [4.78, 5) is 0. The normalized spacial score (nSPS) is 13.0. The fourth-order valence-electron chi connectivity index (χ4n) is 8.64. The van der Waals surface area contributed by atoms with Crippen LogP contribution in [0.5, 0.6) is 0 Å². The molecule has 0 unspecified atom stereocenters. The Morgan fingerprint density at radius 3 is 1.98 bits per heavy atom. The van der Waals surface area contributed by atoms with Crippen LogP contribution in [0.2, 0.25) is 0 Å².